The van der Waals surface area contributed by atoms with Gasteiger partial charge in [0.2, 0.25) is 0 Å². The lowest BCUT2D eigenvalue weighted by Crippen LogP contribution is -2.17. The zero-order chi connectivity index (χ0) is 15.7. The number of carbonyl (C=O) groups is 2. The van der Waals surface area contributed by atoms with Crippen LogP contribution in [0.4, 0.5) is 0 Å². The molecule has 2 aliphatic carbocycles. The molecule has 1 N–H and O–H groups in total. The summed E-state index contributed by atoms with van der Waals surface area (Å²) >= 11 is 0. The average molecular weight is 298 g/mol. The van der Waals surface area contributed by atoms with Crippen molar-refractivity contribution in [3.63, 3.8) is 0 Å². The number of hydrogen-bond donors (Lipinski definition) is 1. The van der Waals surface area contributed by atoms with Crippen LogP contribution in [0, 0.1) is 11.8 Å². The SMILES string of the molecule is CC(O)C1CCCC1.CCOC(=O)CC(=O)C1CCCC1. The molecule has 0 radical (unpaired) electrons. The molecule has 0 amide bonds. The van der Waals surface area contributed by atoms with Crippen LogP contribution in [0.5, 0.6) is 0 Å². The number of aliphatic hydroxyl groups is 1. The molecule has 0 bridgehead atoms. The summed E-state index contributed by atoms with van der Waals surface area (Å²) < 4.78 is 4.71. The van der Waals surface area contributed by atoms with Crippen LogP contribution in [0.1, 0.15) is 71.6 Å². The Morgan fingerprint density at radius 3 is 2.05 bits per heavy atom. The molecule has 1 atom stereocenters. The first-order valence-corrected chi connectivity index (χ1v) is 8.41. The number of aliphatic hydroxyl groups excluding tert-OH is 1. The quantitative estimate of drug-likeness (QED) is 0.625. The fourth-order valence-corrected chi connectivity index (χ4v) is 3.19. The van der Waals surface area contributed by atoms with Crippen molar-refractivity contribution in [3.8, 4) is 0 Å². The Kier molecular flexibility index (Phi) is 8.58. The van der Waals surface area contributed by atoms with Crippen molar-refractivity contribution in [2.45, 2.75) is 77.7 Å². The first kappa shape index (κ1) is 18.1. The van der Waals surface area contributed by atoms with Gasteiger partial charge in [-0.3, -0.25) is 9.59 Å². The van der Waals surface area contributed by atoms with Crippen molar-refractivity contribution in [1.29, 1.82) is 0 Å². The molecule has 0 aromatic rings. The van der Waals surface area contributed by atoms with Crippen LogP contribution >= 0.6 is 0 Å². The smallest absolute Gasteiger partial charge is 0.313 e. The number of rotatable bonds is 5. The molecule has 0 saturated heterocycles. The lowest BCUT2D eigenvalue weighted by atomic mass is 10.0. The molecule has 0 aliphatic heterocycles. The highest BCUT2D eigenvalue weighted by Gasteiger charge is 2.24. The third-order valence-electron chi connectivity index (χ3n) is 4.52. The minimum absolute atomic E-state index is 0.0293. The predicted molar refractivity (Wildman–Crippen MR) is 81.9 cm³/mol. The Morgan fingerprint density at radius 2 is 1.62 bits per heavy atom. The Bertz CT molecular complexity index is 313. The highest BCUT2D eigenvalue weighted by Crippen LogP contribution is 2.27. The molecular formula is C17H30O4. The maximum absolute atomic E-state index is 11.4. The summed E-state index contributed by atoms with van der Waals surface area (Å²) in [7, 11) is 0. The Balaban J connectivity index is 0.000000235. The zero-order valence-electron chi connectivity index (χ0n) is 13.5. The monoisotopic (exact) mass is 298 g/mol. The highest BCUT2D eigenvalue weighted by atomic mass is 16.5. The fourth-order valence-electron chi connectivity index (χ4n) is 3.19. The summed E-state index contributed by atoms with van der Waals surface area (Å²) in [5.74, 6) is 0.440. The molecule has 4 nitrogen and oxygen atoms in total. The van der Waals surface area contributed by atoms with Crippen LogP contribution in [0.2, 0.25) is 0 Å². The van der Waals surface area contributed by atoms with Gasteiger partial charge in [-0.1, -0.05) is 25.7 Å². The minimum atomic E-state index is -0.376. The van der Waals surface area contributed by atoms with Gasteiger partial charge in [-0.2, -0.15) is 0 Å². The number of ketones is 1. The van der Waals surface area contributed by atoms with Gasteiger partial charge in [0.05, 0.1) is 12.7 Å². The summed E-state index contributed by atoms with van der Waals surface area (Å²) in [5, 5.41) is 9.05. The molecule has 0 heterocycles. The average Bonchev–Trinajstić information content (AvgIpc) is 3.13. The van der Waals surface area contributed by atoms with E-state index in [1.165, 1.54) is 25.7 Å². The van der Waals surface area contributed by atoms with Crippen molar-refractivity contribution in [2.24, 2.45) is 11.8 Å². The van der Waals surface area contributed by atoms with E-state index in [9.17, 15) is 9.59 Å². The molecule has 0 aromatic carbocycles. The molecule has 21 heavy (non-hydrogen) atoms. The topological polar surface area (TPSA) is 63.6 Å². The first-order valence-electron chi connectivity index (χ1n) is 8.41. The van der Waals surface area contributed by atoms with Gasteiger partial charge in [-0.25, -0.2) is 0 Å². The molecule has 122 valence electrons. The van der Waals surface area contributed by atoms with Gasteiger partial charge < -0.3 is 9.84 Å². The molecule has 4 heteroatoms. The van der Waals surface area contributed by atoms with Crippen LogP contribution in [-0.4, -0.2) is 29.6 Å². The van der Waals surface area contributed by atoms with Gasteiger partial charge in [0.1, 0.15) is 12.2 Å². The Morgan fingerprint density at radius 1 is 1.10 bits per heavy atom. The number of carbonyl (C=O) groups excluding carboxylic acids is 2. The molecule has 2 aliphatic rings. The molecule has 1 unspecified atom stereocenters. The maximum Gasteiger partial charge on any atom is 0.313 e. The highest BCUT2D eigenvalue weighted by molar-refractivity contribution is 5.96. The Hall–Kier alpha value is -0.900. The fraction of sp³-hybridized carbons (Fsp3) is 0.882. The Labute approximate surface area is 128 Å². The van der Waals surface area contributed by atoms with E-state index in [0.29, 0.717) is 12.5 Å². The van der Waals surface area contributed by atoms with Crippen molar-refractivity contribution >= 4 is 11.8 Å². The van der Waals surface area contributed by atoms with Gasteiger partial charge in [0.15, 0.2) is 0 Å². The van der Waals surface area contributed by atoms with E-state index >= 15 is 0 Å². The van der Waals surface area contributed by atoms with Gasteiger partial charge in [-0.15, -0.1) is 0 Å². The van der Waals surface area contributed by atoms with E-state index < -0.39 is 0 Å². The van der Waals surface area contributed by atoms with E-state index in [1.807, 2.05) is 6.92 Å². The second kappa shape index (κ2) is 9.93. The summed E-state index contributed by atoms with van der Waals surface area (Å²) in [6, 6.07) is 0. The summed E-state index contributed by atoms with van der Waals surface area (Å²) in [5.41, 5.74) is 0. The second-order valence-corrected chi connectivity index (χ2v) is 6.21. The maximum atomic E-state index is 11.4. The van der Waals surface area contributed by atoms with Crippen molar-refractivity contribution < 1.29 is 19.4 Å². The van der Waals surface area contributed by atoms with Crippen LogP contribution in [0.3, 0.4) is 0 Å². The van der Waals surface area contributed by atoms with Gasteiger partial charge in [-0.05, 0) is 45.4 Å². The van der Waals surface area contributed by atoms with Crippen LogP contribution in [0.15, 0.2) is 0 Å². The minimum Gasteiger partial charge on any atom is -0.466 e. The van der Waals surface area contributed by atoms with Crippen molar-refractivity contribution in [1.82, 2.24) is 0 Å². The molecule has 2 rings (SSSR count). The van der Waals surface area contributed by atoms with Crippen LogP contribution < -0.4 is 0 Å². The van der Waals surface area contributed by atoms with Gasteiger partial charge in [0.25, 0.3) is 0 Å². The van der Waals surface area contributed by atoms with E-state index in [2.05, 4.69) is 0 Å². The molecule has 0 spiro atoms. The van der Waals surface area contributed by atoms with Crippen molar-refractivity contribution in [3.05, 3.63) is 0 Å². The van der Waals surface area contributed by atoms with Crippen molar-refractivity contribution in [2.75, 3.05) is 6.61 Å². The number of Topliss-reactive ketones (excluding diaryl/α,β-unsaturated/α-hetero) is 1. The number of ether oxygens (including phenoxy) is 1. The lowest BCUT2D eigenvalue weighted by molar-refractivity contribution is -0.146. The molecule has 0 aromatic heterocycles. The predicted octanol–water partition coefficient (Wildman–Crippen LogP) is 3.26. The first-order chi connectivity index (χ1) is 10.0. The summed E-state index contributed by atoms with van der Waals surface area (Å²) in [6.45, 7) is 4.00. The lowest BCUT2D eigenvalue weighted by Gasteiger charge is -2.10. The molecular weight excluding hydrogens is 268 g/mol. The summed E-state index contributed by atoms with van der Waals surface area (Å²) in [4.78, 5) is 22.4. The zero-order valence-corrected chi connectivity index (χ0v) is 13.5. The third kappa shape index (κ3) is 7.07. The van der Waals surface area contributed by atoms with Crippen LogP contribution in [0.25, 0.3) is 0 Å². The summed E-state index contributed by atoms with van der Waals surface area (Å²) in [6.07, 6.45) is 9.23. The van der Waals surface area contributed by atoms with Crippen LogP contribution in [-0.2, 0) is 14.3 Å². The molecule has 2 saturated carbocycles. The number of esters is 1. The van der Waals surface area contributed by atoms with E-state index in [-0.39, 0.29) is 30.2 Å². The van der Waals surface area contributed by atoms with Gasteiger partial charge >= 0.3 is 5.97 Å². The second-order valence-electron chi connectivity index (χ2n) is 6.21. The largest absolute Gasteiger partial charge is 0.466 e. The molecule has 2 fully saturated rings. The normalized spacial score (nSPS) is 20.7. The standard InChI is InChI=1S/C10H16O3.C7H14O/c1-2-13-10(12)7-9(11)8-5-3-4-6-8;1-6(8)7-4-2-3-5-7/h8H,2-7H2,1H3;6-8H,2-5H2,1H3. The van der Waals surface area contributed by atoms with E-state index in [1.54, 1.807) is 6.92 Å². The van der Waals surface area contributed by atoms with E-state index in [4.69, 9.17) is 9.84 Å². The number of hydrogen-bond acceptors (Lipinski definition) is 4. The van der Waals surface area contributed by atoms with E-state index in [0.717, 1.165) is 25.7 Å². The third-order valence-corrected chi connectivity index (χ3v) is 4.52. The van der Waals surface area contributed by atoms with Gasteiger partial charge in [0, 0.05) is 5.92 Å².